The molecular formula is C17H20O4. The predicted octanol–water partition coefficient (Wildman–Crippen LogP) is 4.36. The fraction of sp³-hybridized carbons (Fsp3) is 0.471. The van der Waals surface area contributed by atoms with Crippen molar-refractivity contribution in [2.24, 2.45) is 0 Å². The maximum Gasteiger partial charge on any atom is 0.342 e. The second kappa shape index (κ2) is 5.80. The average Bonchev–Trinajstić information content (AvgIpc) is 2.87. The summed E-state index contributed by atoms with van der Waals surface area (Å²) in [5.41, 5.74) is 1.13. The number of ether oxygens (including phenoxy) is 1. The third-order valence-corrected chi connectivity index (χ3v) is 4.15. The SMILES string of the molecule is CCOC(=O)c1c(C2CCCCC2)oc2ccc(O)cc12. The number of esters is 1. The molecular weight excluding hydrogens is 268 g/mol. The molecule has 1 fully saturated rings. The Morgan fingerprint density at radius 1 is 1.33 bits per heavy atom. The van der Waals surface area contributed by atoms with Crippen LogP contribution >= 0.6 is 0 Å². The van der Waals surface area contributed by atoms with Crippen molar-refractivity contribution in [1.82, 2.24) is 0 Å². The van der Waals surface area contributed by atoms with E-state index in [-0.39, 0.29) is 17.6 Å². The van der Waals surface area contributed by atoms with E-state index >= 15 is 0 Å². The van der Waals surface area contributed by atoms with Crippen LogP contribution in [-0.4, -0.2) is 17.7 Å². The zero-order valence-corrected chi connectivity index (χ0v) is 12.2. The first-order valence-electron chi connectivity index (χ1n) is 7.63. The van der Waals surface area contributed by atoms with Crippen LogP contribution in [0.3, 0.4) is 0 Å². The van der Waals surface area contributed by atoms with Crippen molar-refractivity contribution in [3.8, 4) is 5.75 Å². The Kier molecular flexibility index (Phi) is 3.86. The van der Waals surface area contributed by atoms with E-state index in [0.29, 0.717) is 23.1 Å². The van der Waals surface area contributed by atoms with E-state index in [9.17, 15) is 9.90 Å². The van der Waals surface area contributed by atoms with Gasteiger partial charge >= 0.3 is 5.97 Å². The number of carbonyl (C=O) groups excluding carboxylic acids is 1. The lowest BCUT2D eigenvalue weighted by atomic mass is 9.86. The smallest absolute Gasteiger partial charge is 0.342 e. The molecule has 0 amide bonds. The summed E-state index contributed by atoms with van der Waals surface area (Å²) in [6, 6.07) is 4.86. The average molecular weight is 288 g/mol. The normalized spacial score (nSPS) is 16.2. The summed E-state index contributed by atoms with van der Waals surface area (Å²) in [5, 5.41) is 10.3. The maximum absolute atomic E-state index is 12.3. The van der Waals surface area contributed by atoms with Gasteiger partial charge < -0.3 is 14.3 Å². The van der Waals surface area contributed by atoms with E-state index in [1.165, 1.54) is 6.42 Å². The summed E-state index contributed by atoms with van der Waals surface area (Å²) < 4.78 is 11.1. The Morgan fingerprint density at radius 3 is 2.81 bits per heavy atom. The van der Waals surface area contributed by atoms with Crippen LogP contribution in [0.15, 0.2) is 22.6 Å². The van der Waals surface area contributed by atoms with Gasteiger partial charge in [-0.2, -0.15) is 0 Å². The molecule has 2 aromatic rings. The van der Waals surface area contributed by atoms with Crippen molar-refractivity contribution >= 4 is 16.9 Å². The monoisotopic (exact) mass is 288 g/mol. The quantitative estimate of drug-likeness (QED) is 0.852. The molecule has 1 aromatic carbocycles. The second-order valence-corrected chi connectivity index (χ2v) is 5.58. The molecule has 0 saturated heterocycles. The van der Waals surface area contributed by atoms with Gasteiger partial charge in [-0.05, 0) is 38.0 Å². The minimum atomic E-state index is -0.359. The van der Waals surface area contributed by atoms with Crippen molar-refractivity contribution in [2.75, 3.05) is 6.61 Å². The van der Waals surface area contributed by atoms with Gasteiger partial charge in [0, 0.05) is 11.3 Å². The van der Waals surface area contributed by atoms with Crippen LogP contribution in [0.1, 0.15) is 61.1 Å². The number of benzene rings is 1. The van der Waals surface area contributed by atoms with Gasteiger partial charge in [0.25, 0.3) is 0 Å². The number of rotatable bonds is 3. The van der Waals surface area contributed by atoms with Gasteiger partial charge in [-0.3, -0.25) is 0 Å². The van der Waals surface area contributed by atoms with Crippen LogP contribution in [0, 0.1) is 0 Å². The Labute approximate surface area is 123 Å². The van der Waals surface area contributed by atoms with Crippen LogP contribution < -0.4 is 0 Å². The summed E-state index contributed by atoms with van der Waals surface area (Å²) >= 11 is 0. The number of phenolic OH excluding ortho intramolecular Hbond substituents is 1. The fourth-order valence-corrected chi connectivity index (χ4v) is 3.17. The third-order valence-electron chi connectivity index (χ3n) is 4.15. The van der Waals surface area contributed by atoms with Gasteiger partial charge in [0.1, 0.15) is 22.7 Å². The van der Waals surface area contributed by atoms with Gasteiger partial charge in [0.15, 0.2) is 0 Å². The van der Waals surface area contributed by atoms with Crippen molar-refractivity contribution < 1.29 is 19.1 Å². The zero-order valence-electron chi connectivity index (χ0n) is 12.2. The highest BCUT2D eigenvalue weighted by molar-refractivity contribution is 6.05. The van der Waals surface area contributed by atoms with Gasteiger partial charge in [-0.15, -0.1) is 0 Å². The number of furan rings is 1. The van der Waals surface area contributed by atoms with E-state index in [0.717, 1.165) is 31.4 Å². The summed E-state index contributed by atoms with van der Waals surface area (Å²) in [5.74, 6) is 0.771. The molecule has 1 aliphatic carbocycles. The predicted molar refractivity (Wildman–Crippen MR) is 79.7 cm³/mol. The standard InChI is InChI=1S/C17H20O4/c1-2-20-17(19)15-13-10-12(18)8-9-14(13)21-16(15)11-6-4-3-5-7-11/h8-11,18H,2-7H2,1H3. The molecule has 21 heavy (non-hydrogen) atoms. The number of hydrogen-bond acceptors (Lipinski definition) is 4. The minimum absolute atomic E-state index is 0.129. The maximum atomic E-state index is 12.3. The Balaban J connectivity index is 2.12. The lowest BCUT2D eigenvalue weighted by Gasteiger charge is -2.20. The molecule has 3 rings (SSSR count). The summed E-state index contributed by atoms with van der Waals surface area (Å²) in [6.07, 6.45) is 5.65. The first-order valence-corrected chi connectivity index (χ1v) is 7.63. The Bertz CT molecular complexity index is 650. The van der Waals surface area contributed by atoms with Crippen LogP contribution in [0.25, 0.3) is 11.0 Å². The van der Waals surface area contributed by atoms with Gasteiger partial charge in [0.2, 0.25) is 0 Å². The first kappa shape index (κ1) is 14.0. The first-order chi connectivity index (χ1) is 10.2. The van der Waals surface area contributed by atoms with Crippen molar-refractivity contribution in [1.29, 1.82) is 0 Å². The molecule has 1 aromatic heterocycles. The number of phenols is 1. The molecule has 112 valence electrons. The van der Waals surface area contributed by atoms with E-state index in [4.69, 9.17) is 9.15 Å². The molecule has 0 bridgehead atoms. The lowest BCUT2D eigenvalue weighted by molar-refractivity contribution is 0.0524. The molecule has 1 N–H and O–H groups in total. The van der Waals surface area contributed by atoms with Crippen LogP contribution in [0.2, 0.25) is 0 Å². The fourth-order valence-electron chi connectivity index (χ4n) is 3.17. The van der Waals surface area contributed by atoms with Gasteiger partial charge in [-0.25, -0.2) is 4.79 Å². The molecule has 4 heteroatoms. The van der Waals surface area contributed by atoms with Crippen LogP contribution in [-0.2, 0) is 4.74 Å². The topological polar surface area (TPSA) is 59.7 Å². The molecule has 0 spiro atoms. The molecule has 0 atom stereocenters. The lowest BCUT2D eigenvalue weighted by Crippen LogP contribution is -2.11. The van der Waals surface area contributed by atoms with E-state index < -0.39 is 0 Å². The highest BCUT2D eigenvalue weighted by Crippen LogP contribution is 2.39. The molecule has 1 heterocycles. The Morgan fingerprint density at radius 2 is 2.10 bits per heavy atom. The van der Waals surface area contributed by atoms with Gasteiger partial charge in [0.05, 0.1) is 6.61 Å². The molecule has 0 unspecified atom stereocenters. The number of fused-ring (bicyclic) bond motifs is 1. The highest BCUT2D eigenvalue weighted by atomic mass is 16.5. The van der Waals surface area contributed by atoms with Crippen LogP contribution in [0.5, 0.6) is 5.75 Å². The largest absolute Gasteiger partial charge is 0.508 e. The van der Waals surface area contributed by atoms with Crippen molar-refractivity contribution in [3.63, 3.8) is 0 Å². The molecule has 0 aliphatic heterocycles. The number of hydrogen-bond donors (Lipinski definition) is 1. The molecule has 4 nitrogen and oxygen atoms in total. The minimum Gasteiger partial charge on any atom is -0.508 e. The van der Waals surface area contributed by atoms with E-state index in [1.54, 1.807) is 25.1 Å². The zero-order chi connectivity index (χ0) is 14.8. The van der Waals surface area contributed by atoms with Crippen molar-refractivity contribution in [3.05, 3.63) is 29.5 Å². The van der Waals surface area contributed by atoms with Gasteiger partial charge in [-0.1, -0.05) is 19.3 Å². The van der Waals surface area contributed by atoms with E-state index in [2.05, 4.69) is 0 Å². The van der Waals surface area contributed by atoms with Crippen molar-refractivity contribution in [2.45, 2.75) is 44.9 Å². The second-order valence-electron chi connectivity index (χ2n) is 5.58. The number of carbonyl (C=O) groups is 1. The summed E-state index contributed by atoms with van der Waals surface area (Å²) in [4.78, 5) is 12.3. The van der Waals surface area contributed by atoms with Crippen LogP contribution in [0.4, 0.5) is 0 Å². The summed E-state index contributed by atoms with van der Waals surface area (Å²) in [6.45, 7) is 2.12. The van der Waals surface area contributed by atoms with E-state index in [1.807, 2.05) is 0 Å². The molecule has 1 saturated carbocycles. The highest BCUT2D eigenvalue weighted by Gasteiger charge is 2.28. The third kappa shape index (κ3) is 2.62. The molecule has 0 radical (unpaired) electrons. The molecule has 1 aliphatic rings. The number of aromatic hydroxyl groups is 1. The Hall–Kier alpha value is -1.97. The summed E-state index contributed by atoms with van der Waals surface area (Å²) in [7, 11) is 0.